The van der Waals surface area contributed by atoms with E-state index in [2.05, 4.69) is 15.4 Å². The van der Waals surface area contributed by atoms with Crippen LogP contribution in [0, 0.1) is 13.8 Å². The van der Waals surface area contributed by atoms with Crippen LogP contribution in [-0.2, 0) is 13.1 Å². The van der Waals surface area contributed by atoms with Crippen LogP contribution < -0.4 is 10.1 Å². The van der Waals surface area contributed by atoms with E-state index in [4.69, 9.17) is 21.4 Å². The lowest BCUT2D eigenvalue weighted by molar-refractivity contribution is 0.267. The fraction of sp³-hybridized carbons (Fsp3) is 0.467. The van der Waals surface area contributed by atoms with Gasteiger partial charge in [0.15, 0.2) is 0 Å². The van der Waals surface area contributed by atoms with Crippen molar-refractivity contribution >= 4 is 11.6 Å². The van der Waals surface area contributed by atoms with Gasteiger partial charge in [0.05, 0.1) is 18.8 Å². The van der Waals surface area contributed by atoms with Crippen molar-refractivity contribution < 1.29 is 9.84 Å². The van der Waals surface area contributed by atoms with Gasteiger partial charge in [-0.25, -0.2) is 4.98 Å². The molecule has 0 unspecified atom stereocenters. The van der Waals surface area contributed by atoms with Crippen molar-refractivity contribution in [2.24, 2.45) is 0 Å². The molecule has 22 heavy (non-hydrogen) atoms. The number of halogens is 1. The van der Waals surface area contributed by atoms with Crippen LogP contribution in [0.25, 0.3) is 0 Å². The fourth-order valence-corrected chi connectivity index (χ4v) is 2.39. The van der Waals surface area contributed by atoms with Gasteiger partial charge in [0.25, 0.3) is 0 Å². The number of pyridine rings is 1. The number of aromatic nitrogens is 3. The number of ether oxygens (including phenoxy) is 1. The highest BCUT2D eigenvalue weighted by atomic mass is 35.5. The second-order valence-corrected chi connectivity index (χ2v) is 5.32. The highest BCUT2D eigenvalue weighted by molar-refractivity contribution is 6.31. The molecule has 120 valence electrons. The fourth-order valence-electron chi connectivity index (χ4n) is 2.21. The maximum absolute atomic E-state index is 9.01. The molecule has 0 saturated carbocycles. The molecular weight excluding hydrogens is 304 g/mol. The Morgan fingerprint density at radius 1 is 1.41 bits per heavy atom. The molecule has 0 aromatic carbocycles. The molecule has 0 saturated heterocycles. The normalized spacial score (nSPS) is 10.9. The average molecular weight is 325 g/mol. The topological polar surface area (TPSA) is 72.2 Å². The average Bonchev–Trinajstić information content (AvgIpc) is 2.76. The van der Waals surface area contributed by atoms with Crippen LogP contribution in [0.15, 0.2) is 18.3 Å². The minimum absolute atomic E-state index is 0.0908. The van der Waals surface area contributed by atoms with E-state index in [1.807, 2.05) is 18.5 Å². The quantitative estimate of drug-likeness (QED) is 0.723. The monoisotopic (exact) mass is 324 g/mol. The van der Waals surface area contributed by atoms with Gasteiger partial charge in [-0.1, -0.05) is 11.6 Å². The van der Waals surface area contributed by atoms with Gasteiger partial charge in [-0.3, -0.25) is 4.68 Å². The number of hydrogen-bond donors (Lipinski definition) is 2. The van der Waals surface area contributed by atoms with Gasteiger partial charge in [-0.15, -0.1) is 0 Å². The number of aliphatic hydroxyl groups is 1. The van der Waals surface area contributed by atoms with Gasteiger partial charge in [0.2, 0.25) is 5.88 Å². The van der Waals surface area contributed by atoms with E-state index >= 15 is 0 Å². The van der Waals surface area contributed by atoms with Crippen LogP contribution in [-0.4, -0.2) is 39.6 Å². The van der Waals surface area contributed by atoms with Crippen LogP contribution in [0.2, 0.25) is 5.02 Å². The van der Waals surface area contributed by atoms with Crippen molar-refractivity contribution in [2.45, 2.75) is 26.9 Å². The molecule has 2 N–H and O–H groups in total. The smallest absolute Gasteiger partial charge is 0.232 e. The largest absolute Gasteiger partial charge is 0.475 e. The molecule has 2 aromatic rings. The second-order valence-electron chi connectivity index (χ2n) is 4.91. The lowest BCUT2D eigenvalue weighted by Crippen LogP contribution is -2.21. The summed E-state index contributed by atoms with van der Waals surface area (Å²) >= 11 is 5.97. The van der Waals surface area contributed by atoms with E-state index in [0.29, 0.717) is 37.1 Å². The van der Waals surface area contributed by atoms with Gasteiger partial charge < -0.3 is 15.2 Å². The molecule has 0 aliphatic heterocycles. The summed E-state index contributed by atoms with van der Waals surface area (Å²) in [4.78, 5) is 4.07. The van der Waals surface area contributed by atoms with E-state index < -0.39 is 0 Å². The summed E-state index contributed by atoms with van der Waals surface area (Å²) in [7, 11) is 0. The number of hydrogen-bond acceptors (Lipinski definition) is 5. The molecule has 2 aromatic heterocycles. The molecule has 0 atom stereocenters. The van der Waals surface area contributed by atoms with Crippen molar-refractivity contribution in [2.75, 3.05) is 19.8 Å². The Hall–Kier alpha value is -1.63. The van der Waals surface area contributed by atoms with Crippen molar-refractivity contribution in [1.82, 2.24) is 20.1 Å². The predicted octanol–water partition coefficient (Wildman–Crippen LogP) is 1.71. The zero-order chi connectivity index (χ0) is 15.9. The van der Waals surface area contributed by atoms with Crippen molar-refractivity contribution in [3.63, 3.8) is 0 Å². The first-order valence-electron chi connectivity index (χ1n) is 7.21. The molecule has 2 rings (SSSR count). The summed E-state index contributed by atoms with van der Waals surface area (Å²) in [5.41, 5.74) is 3.21. The minimum atomic E-state index is 0.0908. The lowest BCUT2D eigenvalue weighted by atomic mass is 10.2. The van der Waals surface area contributed by atoms with Crippen LogP contribution in [0.4, 0.5) is 0 Å². The maximum Gasteiger partial charge on any atom is 0.232 e. The molecule has 2 heterocycles. The Morgan fingerprint density at radius 3 is 2.95 bits per heavy atom. The molecule has 0 fully saturated rings. The molecule has 7 heteroatoms. The van der Waals surface area contributed by atoms with Gasteiger partial charge in [-0.05, 0) is 26.0 Å². The Labute approximate surface area is 135 Å². The van der Waals surface area contributed by atoms with Crippen LogP contribution >= 0.6 is 11.6 Å². The van der Waals surface area contributed by atoms with Crippen molar-refractivity contribution in [3.05, 3.63) is 40.3 Å². The summed E-state index contributed by atoms with van der Waals surface area (Å²) < 4.78 is 7.35. The number of nitrogens with zero attached hydrogens (tertiary/aromatic N) is 3. The highest BCUT2D eigenvalue weighted by Crippen LogP contribution is 2.19. The third-order valence-electron chi connectivity index (χ3n) is 3.39. The van der Waals surface area contributed by atoms with E-state index in [1.165, 1.54) is 0 Å². The second kappa shape index (κ2) is 8.12. The SMILES string of the molecule is Cc1nn(CCO)c(C)c1CNCCOc1ncccc1Cl. The summed E-state index contributed by atoms with van der Waals surface area (Å²) in [6.07, 6.45) is 1.65. The summed E-state index contributed by atoms with van der Waals surface area (Å²) in [6, 6.07) is 3.52. The number of aliphatic hydroxyl groups excluding tert-OH is 1. The van der Waals surface area contributed by atoms with Gasteiger partial charge in [0.1, 0.15) is 11.6 Å². The number of aryl methyl sites for hydroxylation is 1. The van der Waals surface area contributed by atoms with Crippen molar-refractivity contribution in [1.29, 1.82) is 0 Å². The van der Waals surface area contributed by atoms with E-state index in [9.17, 15) is 0 Å². The molecule has 0 radical (unpaired) electrons. The zero-order valence-corrected chi connectivity index (χ0v) is 13.6. The van der Waals surface area contributed by atoms with E-state index in [1.54, 1.807) is 18.3 Å². The van der Waals surface area contributed by atoms with Gasteiger partial charge in [-0.2, -0.15) is 5.10 Å². The molecule has 0 bridgehead atoms. The van der Waals surface area contributed by atoms with Gasteiger partial charge >= 0.3 is 0 Å². The van der Waals surface area contributed by atoms with Gasteiger partial charge in [0, 0.05) is 30.5 Å². The summed E-state index contributed by atoms with van der Waals surface area (Å²) in [5, 5.41) is 17.3. The van der Waals surface area contributed by atoms with Crippen LogP contribution in [0.1, 0.15) is 17.0 Å². The molecular formula is C15H21ClN4O2. The van der Waals surface area contributed by atoms with Crippen molar-refractivity contribution in [3.8, 4) is 5.88 Å². The lowest BCUT2D eigenvalue weighted by Gasteiger charge is -2.08. The Morgan fingerprint density at radius 2 is 2.23 bits per heavy atom. The first-order chi connectivity index (χ1) is 10.6. The molecule has 6 nitrogen and oxygen atoms in total. The minimum Gasteiger partial charge on any atom is -0.475 e. The first kappa shape index (κ1) is 16.7. The Bertz CT molecular complexity index is 616. The third kappa shape index (κ3) is 4.19. The standard InChI is InChI=1S/C15H21ClN4O2/c1-11-13(12(2)20(19-11)7-8-21)10-17-6-9-22-15-14(16)4-3-5-18-15/h3-5,17,21H,6-10H2,1-2H3. The molecule has 0 amide bonds. The van der Waals surface area contributed by atoms with E-state index in [-0.39, 0.29) is 6.61 Å². The van der Waals surface area contributed by atoms with E-state index in [0.717, 1.165) is 17.0 Å². The molecule has 0 aliphatic carbocycles. The summed E-state index contributed by atoms with van der Waals surface area (Å²) in [5.74, 6) is 0.453. The first-order valence-corrected chi connectivity index (χ1v) is 7.59. The predicted molar refractivity (Wildman–Crippen MR) is 85.2 cm³/mol. The third-order valence-corrected chi connectivity index (χ3v) is 3.67. The maximum atomic E-state index is 9.01. The molecule has 0 aliphatic rings. The summed E-state index contributed by atoms with van der Waals surface area (Å²) in [6.45, 7) is 6.47. The van der Waals surface area contributed by atoms with Crippen LogP contribution in [0.3, 0.4) is 0 Å². The van der Waals surface area contributed by atoms with Crippen LogP contribution in [0.5, 0.6) is 5.88 Å². The number of nitrogens with one attached hydrogen (secondary N) is 1. The zero-order valence-electron chi connectivity index (χ0n) is 12.8. The number of rotatable bonds is 8. The Kier molecular flexibility index (Phi) is 6.18. The Balaban J connectivity index is 1.78. The molecule has 0 spiro atoms. The highest BCUT2D eigenvalue weighted by Gasteiger charge is 2.10.